The van der Waals surface area contributed by atoms with Gasteiger partial charge < -0.3 is 10.1 Å². The molecule has 1 amide bonds. The normalized spacial score (nSPS) is 19.9. The van der Waals surface area contributed by atoms with Gasteiger partial charge in [0.2, 0.25) is 5.91 Å². The summed E-state index contributed by atoms with van der Waals surface area (Å²) in [5, 5.41) is 2.62. The molecule has 20 heavy (non-hydrogen) atoms. The third kappa shape index (κ3) is 3.77. The Labute approximate surface area is 118 Å². The van der Waals surface area contributed by atoms with Crippen molar-refractivity contribution in [3.8, 4) is 0 Å². The number of hydrogen-bond acceptors (Lipinski definition) is 3. The van der Waals surface area contributed by atoms with Crippen LogP contribution in [0.15, 0.2) is 18.2 Å². The number of nitrogens with one attached hydrogen (secondary N) is 1. The van der Waals surface area contributed by atoms with Crippen LogP contribution in [0, 0.1) is 12.7 Å². The van der Waals surface area contributed by atoms with E-state index < -0.39 is 0 Å². The van der Waals surface area contributed by atoms with Crippen LogP contribution in [0.4, 0.5) is 4.39 Å². The average molecular weight is 280 g/mol. The molecule has 5 heteroatoms. The standard InChI is InChI=1S/C15H21FN2O2/c1-11-9-12(3-4-13(11)16)14-10-18(7-8-20-14)6-5-15(19)17-2/h3-4,9,14H,5-8,10H2,1-2H3,(H,17,19). The summed E-state index contributed by atoms with van der Waals surface area (Å²) in [6.45, 7) is 4.68. The van der Waals surface area contributed by atoms with E-state index in [9.17, 15) is 9.18 Å². The lowest BCUT2D eigenvalue weighted by atomic mass is 10.0. The van der Waals surface area contributed by atoms with Crippen molar-refractivity contribution >= 4 is 5.91 Å². The van der Waals surface area contributed by atoms with Crippen molar-refractivity contribution in [3.63, 3.8) is 0 Å². The minimum absolute atomic E-state index is 0.0469. The number of amides is 1. The smallest absolute Gasteiger partial charge is 0.221 e. The Kier molecular flexibility index (Phi) is 5.09. The molecule has 2 rings (SSSR count). The summed E-state index contributed by atoms with van der Waals surface area (Å²) in [6.07, 6.45) is 0.443. The number of carbonyl (C=O) groups excluding carboxylic acids is 1. The second-order valence-electron chi connectivity index (χ2n) is 5.09. The molecule has 1 N–H and O–H groups in total. The first-order valence-electron chi connectivity index (χ1n) is 6.90. The minimum Gasteiger partial charge on any atom is -0.371 e. The van der Waals surface area contributed by atoms with Crippen molar-refractivity contribution in [1.82, 2.24) is 10.2 Å². The topological polar surface area (TPSA) is 41.6 Å². The molecule has 110 valence electrons. The van der Waals surface area contributed by atoms with Crippen molar-refractivity contribution < 1.29 is 13.9 Å². The fourth-order valence-corrected chi connectivity index (χ4v) is 2.36. The number of halogens is 1. The Bertz CT molecular complexity index is 479. The first-order chi connectivity index (χ1) is 9.60. The summed E-state index contributed by atoms with van der Waals surface area (Å²) < 4.78 is 19.1. The highest BCUT2D eigenvalue weighted by atomic mass is 19.1. The molecule has 1 atom stereocenters. The summed E-state index contributed by atoms with van der Waals surface area (Å²) in [6, 6.07) is 5.09. The number of morpholine rings is 1. The van der Waals surface area contributed by atoms with Gasteiger partial charge in [-0.3, -0.25) is 9.69 Å². The predicted octanol–water partition coefficient (Wildman–Crippen LogP) is 1.64. The fraction of sp³-hybridized carbons (Fsp3) is 0.533. The minimum atomic E-state index is -0.193. The van der Waals surface area contributed by atoms with E-state index in [0.717, 1.165) is 25.2 Å². The van der Waals surface area contributed by atoms with Crippen molar-refractivity contribution in [2.75, 3.05) is 33.3 Å². The number of carbonyl (C=O) groups is 1. The van der Waals surface area contributed by atoms with E-state index in [1.165, 1.54) is 6.07 Å². The molecular weight excluding hydrogens is 259 g/mol. The molecule has 1 fully saturated rings. The molecule has 0 aliphatic carbocycles. The maximum atomic E-state index is 13.3. The third-order valence-corrected chi connectivity index (χ3v) is 3.64. The molecule has 0 saturated carbocycles. The van der Waals surface area contributed by atoms with Crippen molar-refractivity contribution in [2.45, 2.75) is 19.4 Å². The Morgan fingerprint density at radius 2 is 2.35 bits per heavy atom. The SMILES string of the molecule is CNC(=O)CCN1CCOC(c2ccc(F)c(C)c2)C1. The first-order valence-corrected chi connectivity index (χ1v) is 6.90. The zero-order chi connectivity index (χ0) is 14.5. The van der Waals surface area contributed by atoms with Gasteiger partial charge >= 0.3 is 0 Å². The number of rotatable bonds is 4. The van der Waals surface area contributed by atoms with Gasteiger partial charge in [-0.25, -0.2) is 4.39 Å². The molecule has 1 heterocycles. The van der Waals surface area contributed by atoms with Gasteiger partial charge in [0.05, 0.1) is 12.7 Å². The van der Waals surface area contributed by atoms with Gasteiger partial charge in [0.15, 0.2) is 0 Å². The molecular formula is C15H21FN2O2. The second-order valence-corrected chi connectivity index (χ2v) is 5.09. The van der Waals surface area contributed by atoms with Crippen LogP contribution in [0.25, 0.3) is 0 Å². The molecule has 0 bridgehead atoms. The zero-order valence-corrected chi connectivity index (χ0v) is 12.0. The van der Waals surface area contributed by atoms with E-state index in [1.807, 2.05) is 6.07 Å². The van der Waals surface area contributed by atoms with Crippen LogP contribution in [0.5, 0.6) is 0 Å². The lowest BCUT2D eigenvalue weighted by molar-refractivity contribution is -0.121. The molecule has 4 nitrogen and oxygen atoms in total. The van der Waals surface area contributed by atoms with Crippen molar-refractivity contribution in [2.24, 2.45) is 0 Å². The zero-order valence-electron chi connectivity index (χ0n) is 12.0. The van der Waals surface area contributed by atoms with Gasteiger partial charge in [-0.2, -0.15) is 0 Å². The van der Waals surface area contributed by atoms with Gasteiger partial charge in [0.25, 0.3) is 0 Å². The Hall–Kier alpha value is -1.46. The van der Waals surface area contributed by atoms with E-state index in [4.69, 9.17) is 4.74 Å². The maximum Gasteiger partial charge on any atom is 0.221 e. The number of hydrogen-bond donors (Lipinski definition) is 1. The molecule has 1 saturated heterocycles. The summed E-state index contributed by atoms with van der Waals surface area (Å²) in [4.78, 5) is 13.5. The largest absolute Gasteiger partial charge is 0.371 e. The monoisotopic (exact) mass is 280 g/mol. The van der Waals surface area contributed by atoms with Crippen LogP contribution in [0.1, 0.15) is 23.7 Å². The molecule has 1 aliphatic heterocycles. The molecule has 1 aliphatic rings. The van der Waals surface area contributed by atoms with Gasteiger partial charge in [0, 0.05) is 33.1 Å². The molecule has 0 spiro atoms. The Balaban J connectivity index is 1.95. The number of benzene rings is 1. The summed E-state index contributed by atoms with van der Waals surface area (Å²) in [5.74, 6) is -0.147. The number of ether oxygens (including phenoxy) is 1. The van der Waals surface area contributed by atoms with Gasteiger partial charge in [0.1, 0.15) is 5.82 Å². The van der Waals surface area contributed by atoms with Gasteiger partial charge in [-0.15, -0.1) is 0 Å². The van der Waals surface area contributed by atoms with Crippen LogP contribution in [-0.2, 0) is 9.53 Å². The summed E-state index contributed by atoms with van der Waals surface area (Å²) >= 11 is 0. The lowest BCUT2D eigenvalue weighted by Gasteiger charge is -2.33. The number of nitrogens with zero attached hydrogens (tertiary/aromatic N) is 1. The second kappa shape index (κ2) is 6.81. The molecule has 0 aromatic heterocycles. The highest BCUT2D eigenvalue weighted by Crippen LogP contribution is 2.24. The number of aryl methyl sites for hydroxylation is 1. The van der Waals surface area contributed by atoms with Crippen molar-refractivity contribution in [1.29, 1.82) is 0 Å². The van der Waals surface area contributed by atoms with E-state index >= 15 is 0 Å². The van der Waals surface area contributed by atoms with E-state index in [2.05, 4.69) is 10.2 Å². The average Bonchev–Trinajstić information content (AvgIpc) is 2.48. The Morgan fingerprint density at radius 1 is 1.55 bits per heavy atom. The fourth-order valence-electron chi connectivity index (χ4n) is 2.36. The van der Waals surface area contributed by atoms with E-state index in [-0.39, 0.29) is 17.8 Å². The molecule has 0 radical (unpaired) electrons. The third-order valence-electron chi connectivity index (χ3n) is 3.64. The van der Waals surface area contributed by atoms with Crippen molar-refractivity contribution in [3.05, 3.63) is 35.1 Å². The highest BCUT2D eigenvalue weighted by molar-refractivity contribution is 5.75. The van der Waals surface area contributed by atoms with Gasteiger partial charge in [-0.05, 0) is 24.1 Å². The van der Waals surface area contributed by atoms with Crippen LogP contribution in [-0.4, -0.2) is 44.1 Å². The van der Waals surface area contributed by atoms with Crippen LogP contribution < -0.4 is 5.32 Å². The summed E-state index contributed by atoms with van der Waals surface area (Å²) in [7, 11) is 1.64. The van der Waals surface area contributed by atoms with E-state index in [0.29, 0.717) is 18.6 Å². The Morgan fingerprint density at radius 3 is 3.05 bits per heavy atom. The quantitative estimate of drug-likeness (QED) is 0.911. The summed E-state index contributed by atoms with van der Waals surface area (Å²) in [5.41, 5.74) is 1.63. The van der Waals surface area contributed by atoms with Crippen LogP contribution >= 0.6 is 0 Å². The lowest BCUT2D eigenvalue weighted by Crippen LogP contribution is -2.40. The molecule has 1 aromatic rings. The van der Waals surface area contributed by atoms with E-state index in [1.54, 1.807) is 20.0 Å². The van der Waals surface area contributed by atoms with Gasteiger partial charge in [-0.1, -0.05) is 12.1 Å². The predicted molar refractivity (Wildman–Crippen MR) is 75.0 cm³/mol. The molecule has 1 unspecified atom stereocenters. The van der Waals surface area contributed by atoms with Crippen LogP contribution in [0.3, 0.4) is 0 Å². The maximum absolute atomic E-state index is 13.3. The molecule has 1 aromatic carbocycles. The first kappa shape index (κ1) is 14.9. The highest BCUT2D eigenvalue weighted by Gasteiger charge is 2.22. The van der Waals surface area contributed by atoms with Crippen LogP contribution in [0.2, 0.25) is 0 Å².